The van der Waals surface area contributed by atoms with Crippen molar-refractivity contribution in [1.29, 1.82) is 0 Å². The van der Waals surface area contributed by atoms with Crippen LogP contribution in [-0.4, -0.2) is 32.4 Å². The average molecular weight is 411 g/mol. The molecule has 2 aliphatic carbocycles. The van der Waals surface area contributed by atoms with Crippen molar-refractivity contribution in [2.75, 3.05) is 0 Å². The Labute approximate surface area is 174 Å². The fourth-order valence-corrected chi connectivity index (χ4v) is 5.87. The second kappa shape index (κ2) is 7.52. The van der Waals surface area contributed by atoms with Crippen LogP contribution in [0.5, 0.6) is 0 Å². The van der Waals surface area contributed by atoms with Gasteiger partial charge >= 0.3 is 0 Å². The summed E-state index contributed by atoms with van der Waals surface area (Å²) in [7, 11) is 0. The predicted molar refractivity (Wildman–Crippen MR) is 113 cm³/mol. The number of nitrogens with one attached hydrogen (secondary N) is 2. The van der Waals surface area contributed by atoms with Crippen molar-refractivity contribution in [3.05, 3.63) is 30.5 Å². The lowest BCUT2D eigenvalue weighted by atomic mass is 9.84. The summed E-state index contributed by atoms with van der Waals surface area (Å²) in [5, 5.41) is 12.7. The van der Waals surface area contributed by atoms with Gasteiger partial charge in [-0.2, -0.15) is 0 Å². The molecule has 29 heavy (non-hydrogen) atoms. The number of rotatable bonds is 6. The van der Waals surface area contributed by atoms with E-state index < -0.39 is 0 Å². The van der Waals surface area contributed by atoms with Gasteiger partial charge in [0.05, 0.1) is 10.8 Å². The highest BCUT2D eigenvalue weighted by atomic mass is 32.2. The smallest absolute Gasteiger partial charge is 0.277 e. The van der Waals surface area contributed by atoms with E-state index in [0.717, 1.165) is 28.3 Å². The molecular formula is C22H26N4O2S. The number of H-pyrrole nitrogens is 1. The number of nitrogens with zero attached hydrogens (tertiary/aromatic N) is 2. The third-order valence-electron chi connectivity index (χ3n) is 6.68. The van der Waals surface area contributed by atoms with Gasteiger partial charge in [-0.05, 0) is 56.9 Å². The van der Waals surface area contributed by atoms with Crippen molar-refractivity contribution < 1.29 is 9.21 Å². The number of fused-ring (bicyclic) bond motifs is 3. The van der Waals surface area contributed by atoms with Crippen molar-refractivity contribution in [1.82, 2.24) is 20.5 Å². The molecule has 2 saturated carbocycles. The van der Waals surface area contributed by atoms with Crippen molar-refractivity contribution >= 4 is 28.6 Å². The lowest BCUT2D eigenvalue weighted by molar-refractivity contribution is -0.121. The number of hydrogen-bond donors (Lipinski definition) is 2. The van der Waals surface area contributed by atoms with Gasteiger partial charge in [0.1, 0.15) is 0 Å². The molecule has 7 heteroatoms. The van der Waals surface area contributed by atoms with E-state index in [2.05, 4.69) is 27.4 Å². The van der Waals surface area contributed by atoms with Crippen molar-refractivity contribution in [3.63, 3.8) is 0 Å². The minimum absolute atomic E-state index is 0.0390. The molecule has 5 atom stereocenters. The molecule has 6 nitrogen and oxygen atoms in total. The fourth-order valence-electron chi connectivity index (χ4n) is 5.17. The molecule has 0 spiro atoms. The molecule has 2 aromatic heterocycles. The maximum atomic E-state index is 12.7. The van der Waals surface area contributed by atoms with Crippen LogP contribution in [0.15, 0.2) is 40.1 Å². The number of benzene rings is 1. The fraction of sp³-hybridized carbons (Fsp3) is 0.500. The number of aromatic nitrogens is 3. The maximum absolute atomic E-state index is 12.7. The number of hydrogen-bond acceptors (Lipinski definition) is 5. The topological polar surface area (TPSA) is 83.8 Å². The van der Waals surface area contributed by atoms with Gasteiger partial charge in [-0.25, -0.2) is 0 Å². The summed E-state index contributed by atoms with van der Waals surface area (Å²) in [5.41, 5.74) is 1.90. The van der Waals surface area contributed by atoms with E-state index in [9.17, 15) is 4.79 Å². The first kappa shape index (κ1) is 18.7. The zero-order chi connectivity index (χ0) is 20.0. The molecule has 2 N–H and O–H groups in total. The number of aromatic amines is 1. The van der Waals surface area contributed by atoms with E-state index in [1.165, 1.54) is 37.4 Å². The third-order valence-corrected chi connectivity index (χ3v) is 7.61. The summed E-state index contributed by atoms with van der Waals surface area (Å²) in [6.07, 6.45) is 7.21. The second-order valence-corrected chi connectivity index (χ2v) is 9.81. The van der Waals surface area contributed by atoms with E-state index in [0.29, 0.717) is 17.0 Å². The summed E-state index contributed by atoms with van der Waals surface area (Å²) in [6.45, 7) is 4.05. The minimum Gasteiger partial charge on any atom is -0.411 e. The molecule has 0 saturated heterocycles. The van der Waals surface area contributed by atoms with Crippen LogP contribution in [0.25, 0.3) is 22.4 Å². The van der Waals surface area contributed by atoms with E-state index in [-0.39, 0.29) is 17.2 Å². The summed E-state index contributed by atoms with van der Waals surface area (Å²) in [6, 6.07) is 8.22. The van der Waals surface area contributed by atoms with Gasteiger partial charge < -0.3 is 14.7 Å². The quantitative estimate of drug-likeness (QED) is 0.579. The molecular weight excluding hydrogens is 384 g/mol. The SMILES string of the molecule is C[C@@H](Sc1nnc(-c2c[nH]c3ccccc23)o1)C(=O)N[C@H](C)[C@@H]1C[C@@H]2CC[C@@H]1C2. The van der Waals surface area contributed by atoms with Gasteiger partial charge in [0.2, 0.25) is 5.91 Å². The normalized spacial score (nSPS) is 25.4. The maximum Gasteiger partial charge on any atom is 0.277 e. The first-order chi connectivity index (χ1) is 14.1. The zero-order valence-electron chi connectivity index (χ0n) is 16.7. The van der Waals surface area contributed by atoms with Gasteiger partial charge in [0.25, 0.3) is 11.1 Å². The third kappa shape index (κ3) is 3.56. The molecule has 0 radical (unpaired) electrons. The number of thioether (sulfide) groups is 1. The van der Waals surface area contributed by atoms with E-state index in [1.54, 1.807) is 0 Å². The Kier molecular flexibility index (Phi) is 4.86. The number of para-hydroxylation sites is 1. The van der Waals surface area contributed by atoms with Crippen LogP contribution in [0.3, 0.4) is 0 Å². The lowest BCUT2D eigenvalue weighted by Crippen LogP contribution is -2.43. The Morgan fingerprint density at radius 2 is 2.10 bits per heavy atom. The van der Waals surface area contributed by atoms with Crippen LogP contribution in [0.2, 0.25) is 0 Å². The molecule has 3 aromatic rings. The summed E-state index contributed by atoms with van der Waals surface area (Å²) < 4.78 is 5.84. The largest absolute Gasteiger partial charge is 0.411 e. The second-order valence-electron chi connectivity index (χ2n) is 8.52. The molecule has 1 aromatic carbocycles. The van der Waals surface area contributed by atoms with Gasteiger partial charge in [-0.15, -0.1) is 10.2 Å². The standard InChI is InChI=1S/C22H26N4O2S/c1-12(17-10-14-7-8-15(17)9-14)24-20(27)13(2)29-22-26-25-21(28-22)18-11-23-19-6-4-3-5-16(18)19/h3-6,11-15,17,23H,7-10H2,1-2H3,(H,24,27)/t12-,13-,14-,15-,17+/m1/s1. The van der Waals surface area contributed by atoms with Crippen LogP contribution in [0.4, 0.5) is 0 Å². The molecule has 0 aliphatic heterocycles. The van der Waals surface area contributed by atoms with Crippen LogP contribution in [0.1, 0.15) is 39.5 Å². The highest BCUT2D eigenvalue weighted by Crippen LogP contribution is 2.49. The molecule has 2 bridgehead atoms. The van der Waals surface area contributed by atoms with Crippen molar-refractivity contribution in [2.45, 2.75) is 56.0 Å². The van der Waals surface area contributed by atoms with Crippen molar-refractivity contribution in [3.8, 4) is 11.5 Å². The number of carbonyl (C=O) groups is 1. The van der Waals surface area contributed by atoms with Gasteiger partial charge in [0, 0.05) is 23.1 Å². The molecule has 2 heterocycles. The van der Waals surface area contributed by atoms with E-state index in [4.69, 9.17) is 4.42 Å². The molecule has 5 rings (SSSR count). The average Bonchev–Trinajstić information content (AvgIpc) is 3.50. The van der Waals surface area contributed by atoms with E-state index >= 15 is 0 Å². The lowest BCUT2D eigenvalue weighted by Gasteiger charge is -2.29. The Balaban J connectivity index is 1.22. The van der Waals surface area contributed by atoms with Crippen molar-refractivity contribution in [2.24, 2.45) is 17.8 Å². The Morgan fingerprint density at radius 3 is 2.90 bits per heavy atom. The number of amides is 1. The Hall–Kier alpha value is -2.28. The first-order valence-electron chi connectivity index (χ1n) is 10.5. The van der Waals surface area contributed by atoms with Gasteiger partial charge in [-0.3, -0.25) is 4.79 Å². The molecule has 0 unspecified atom stereocenters. The zero-order valence-corrected chi connectivity index (χ0v) is 17.5. The molecule has 1 amide bonds. The molecule has 2 fully saturated rings. The Bertz CT molecular complexity index is 1030. The highest BCUT2D eigenvalue weighted by molar-refractivity contribution is 8.00. The minimum atomic E-state index is -0.285. The Morgan fingerprint density at radius 1 is 1.24 bits per heavy atom. The molecule has 152 valence electrons. The summed E-state index contributed by atoms with van der Waals surface area (Å²) in [4.78, 5) is 15.9. The monoisotopic (exact) mass is 410 g/mol. The van der Waals surface area contributed by atoms with Crippen LogP contribution >= 0.6 is 11.8 Å². The first-order valence-corrected chi connectivity index (χ1v) is 11.3. The van der Waals surface area contributed by atoms with Gasteiger partial charge in [-0.1, -0.05) is 36.4 Å². The summed E-state index contributed by atoms with van der Waals surface area (Å²) in [5.74, 6) is 2.82. The van der Waals surface area contributed by atoms with Crippen LogP contribution < -0.4 is 5.32 Å². The van der Waals surface area contributed by atoms with Crippen LogP contribution in [0, 0.1) is 17.8 Å². The van der Waals surface area contributed by atoms with E-state index in [1.807, 2.05) is 37.4 Å². The van der Waals surface area contributed by atoms with Crippen LogP contribution in [-0.2, 0) is 4.79 Å². The summed E-state index contributed by atoms with van der Waals surface area (Å²) >= 11 is 1.31. The number of carbonyl (C=O) groups excluding carboxylic acids is 1. The molecule has 2 aliphatic rings. The highest BCUT2D eigenvalue weighted by Gasteiger charge is 2.42. The van der Waals surface area contributed by atoms with Gasteiger partial charge in [0.15, 0.2) is 0 Å². The predicted octanol–water partition coefficient (Wildman–Crippen LogP) is 4.64.